The fraction of sp³-hybridized carbons (Fsp3) is 0.600. The van der Waals surface area contributed by atoms with Gasteiger partial charge in [0.25, 0.3) is 0 Å². The Morgan fingerprint density at radius 2 is 1.65 bits per heavy atom. The molecule has 0 heterocycles. The molecule has 2 atom stereocenters. The molecule has 1 aliphatic carbocycles. The van der Waals surface area contributed by atoms with E-state index in [-0.39, 0.29) is 12.1 Å². The van der Waals surface area contributed by atoms with Crippen LogP contribution >= 0.6 is 0 Å². The number of aliphatic hydroxyl groups excluding tert-OH is 1. The summed E-state index contributed by atoms with van der Waals surface area (Å²) in [4.78, 5) is 0. The molecule has 17 heavy (non-hydrogen) atoms. The fourth-order valence-corrected chi connectivity index (χ4v) is 2.87. The monoisotopic (exact) mass is 233 g/mol. The van der Waals surface area contributed by atoms with Crippen LogP contribution in [0, 0.1) is 20.8 Å². The molecule has 1 aromatic carbocycles. The highest BCUT2D eigenvalue weighted by Gasteiger charge is 2.23. The van der Waals surface area contributed by atoms with Crippen LogP contribution in [0.2, 0.25) is 0 Å². The molecule has 2 unspecified atom stereocenters. The Balaban J connectivity index is 2.17. The van der Waals surface area contributed by atoms with Crippen LogP contribution in [-0.4, -0.2) is 17.3 Å². The lowest BCUT2D eigenvalue weighted by molar-refractivity contribution is 0.116. The highest BCUT2D eigenvalue weighted by Crippen LogP contribution is 2.27. The first-order chi connectivity index (χ1) is 8.08. The van der Waals surface area contributed by atoms with Gasteiger partial charge in [-0.2, -0.15) is 0 Å². The average Bonchev–Trinajstić information content (AvgIpc) is 2.25. The van der Waals surface area contributed by atoms with E-state index in [0.717, 1.165) is 19.3 Å². The molecule has 0 radical (unpaired) electrons. The van der Waals surface area contributed by atoms with Gasteiger partial charge < -0.3 is 10.4 Å². The zero-order valence-electron chi connectivity index (χ0n) is 11.1. The molecular weight excluding hydrogens is 210 g/mol. The zero-order valence-corrected chi connectivity index (χ0v) is 11.1. The number of aryl methyl sites for hydroxylation is 3. The second-order valence-electron chi connectivity index (χ2n) is 5.38. The molecule has 1 aromatic rings. The number of hydrogen-bond acceptors (Lipinski definition) is 2. The van der Waals surface area contributed by atoms with E-state index in [2.05, 4.69) is 38.2 Å². The Labute approximate surface area is 104 Å². The Kier molecular flexibility index (Phi) is 3.72. The molecule has 0 amide bonds. The number of aliphatic hydroxyl groups is 1. The van der Waals surface area contributed by atoms with E-state index in [1.54, 1.807) is 0 Å². The van der Waals surface area contributed by atoms with E-state index < -0.39 is 0 Å². The van der Waals surface area contributed by atoms with Gasteiger partial charge in [0.2, 0.25) is 0 Å². The lowest BCUT2D eigenvalue weighted by Gasteiger charge is -2.30. The third-order valence-electron chi connectivity index (χ3n) is 3.74. The predicted molar refractivity (Wildman–Crippen MR) is 72.5 cm³/mol. The van der Waals surface area contributed by atoms with Crippen molar-refractivity contribution in [3.63, 3.8) is 0 Å². The van der Waals surface area contributed by atoms with Crippen LogP contribution < -0.4 is 5.32 Å². The molecule has 2 rings (SSSR count). The molecule has 0 aliphatic heterocycles. The summed E-state index contributed by atoms with van der Waals surface area (Å²) in [5.41, 5.74) is 5.07. The third-order valence-corrected chi connectivity index (χ3v) is 3.74. The predicted octanol–water partition coefficient (Wildman–Crippen LogP) is 3.33. The van der Waals surface area contributed by atoms with Crippen LogP contribution in [0.15, 0.2) is 12.1 Å². The van der Waals surface area contributed by atoms with Crippen molar-refractivity contribution < 1.29 is 5.11 Å². The Morgan fingerprint density at radius 1 is 1.06 bits per heavy atom. The van der Waals surface area contributed by atoms with Crippen LogP contribution in [0.3, 0.4) is 0 Å². The maximum absolute atomic E-state index is 10.0. The van der Waals surface area contributed by atoms with Gasteiger partial charge in [-0.05, 0) is 44.7 Å². The van der Waals surface area contributed by atoms with Crippen molar-refractivity contribution in [1.82, 2.24) is 0 Å². The van der Waals surface area contributed by atoms with Crippen molar-refractivity contribution in [3.8, 4) is 0 Å². The normalized spacial score (nSPS) is 24.7. The van der Waals surface area contributed by atoms with Crippen LogP contribution in [0.1, 0.15) is 42.4 Å². The van der Waals surface area contributed by atoms with Crippen molar-refractivity contribution in [2.24, 2.45) is 0 Å². The minimum Gasteiger partial charge on any atom is -0.391 e. The SMILES string of the molecule is Cc1cc(C)c(NC2CCCCC2O)c(C)c1. The quantitative estimate of drug-likeness (QED) is 0.821. The Bertz CT molecular complexity index is 377. The molecular formula is C15H23NO. The summed E-state index contributed by atoms with van der Waals surface area (Å²) in [6.07, 6.45) is 4.20. The van der Waals surface area contributed by atoms with Gasteiger partial charge in [-0.25, -0.2) is 0 Å². The van der Waals surface area contributed by atoms with Crippen LogP contribution in [0.25, 0.3) is 0 Å². The molecule has 0 aromatic heterocycles. The van der Waals surface area contributed by atoms with E-state index in [1.165, 1.54) is 28.8 Å². The number of hydrogen-bond donors (Lipinski definition) is 2. The first-order valence-electron chi connectivity index (χ1n) is 6.60. The van der Waals surface area contributed by atoms with Gasteiger partial charge in [0.1, 0.15) is 0 Å². The standard InChI is InChI=1S/C15H23NO/c1-10-8-11(2)15(12(3)9-10)16-13-6-4-5-7-14(13)17/h8-9,13-14,16-17H,4-7H2,1-3H3. The van der Waals surface area contributed by atoms with Gasteiger partial charge in [-0.15, -0.1) is 0 Å². The molecule has 0 saturated heterocycles. The molecule has 1 aliphatic rings. The summed E-state index contributed by atoms with van der Waals surface area (Å²) in [7, 11) is 0. The maximum Gasteiger partial charge on any atom is 0.0741 e. The summed E-state index contributed by atoms with van der Waals surface area (Å²) in [6, 6.07) is 4.62. The number of nitrogens with one attached hydrogen (secondary N) is 1. The second-order valence-corrected chi connectivity index (χ2v) is 5.38. The van der Waals surface area contributed by atoms with Gasteiger partial charge >= 0.3 is 0 Å². The fourth-order valence-electron chi connectivity index (χ4n) is 2.87. The minimum absolute atomic E-state index is 0.191. The molecule has 0 spiro atoms. The van der Waals surface area contributed by atoms with Crippen LogP contribution in [0.5, 0.6) is 0 Å². The van der Waals surface area contributed by atoms with Gasteiger partial charge in [0.15, 0.2) is 0 Å². The number of rotatable bonds is 2. The van der Waals surface area contributed by atoms with E-state index in [0.29, 0.717) is 0 Å². The minimum atomic E-state index is -0.191. The molecule has 94 valence electrons. The first-order valence-corrected chi connectivity index (χ1v) is 6.60. The van der Waals surface area contributed by atoms with E-state index in [4.69, 9.17) is 0 Å². The Hall–Kier alpha value is -1.02. The van der Waals surface area contributed by atoms with Crippen molar-refractivity contribution in [1.29, 1.82) is 0 Å². The van der Waals surface area contributed by atoms with Crippen molar-refractivity contribution in [2.75, 3.05) is 5.32 Å². The summed E-state index contributed by atoms with van der Waals surface area (Å²) in [5, 5.41) is 13.5. The topological polar surface area (TPSA) is 32.3 Å². The highest BCUT2D eigenvalue weighted by molar-refractivity contribution is 5.58. The molecule has 1 fully saturated rings. The number of benzene rings is 1. The van der Waals surface area contributed by atoms with Gasteiger partial charge in [0.05, 0.1) is 12.1 Å². The lowest BCUT2D eigenvalue weighted by atomic mass is 9.91. The van der Waals surface area contributed by atoms with Crippen LogP contribution in [-0.2, 0) is 0 Å². The molecule has 1 saturated carbocycles. The summed E-state index contributed by atoms with van der Waals surface area (Å²) < 4.78 is 0. The molecule has 2 nitrogen and oxygen atoms in total. The molecule has 2 N–H and O–H groups in total. The lowest BCUT2D eigenvalue weighted by Crippen LogP contribution is -2.36. The summed E-state index contributed by atoms with van der Waals surface area (Å²) in [6.45, 7) is 6.40. The van der Waals surface area contributed by atoms with Gasteiger partial charge in [-0.3, -0.25) is 0 Å². The van der Waals surface area contributed by atoms with Gasteiger partial charge in [-0.1, -0.05) is 30.5 Å². The second kappa shape index (κ2) is 5.09. The van der Waals surface area contributed by atoms with Crippen LogP contribution in [0.4, 0.5) is 5.69 Å². The number of anilines is 1. The zero-order chi connectivity index (χ0) is 12.4. The maximum atomic E-state index is 10.0. The smallest absolute Gasteiger partial charge is 0.0741 e. The summed E-state index contributed by atoms with van der Waals surface area (Å²) >= 11 is 0. The van der Waals surface area contributed by atoms with Gasteiger partial charge in [0, 0.05) is 5.69 Å². The van der Waals surface area contributed by atoms with Crippen molar-refractivity contribution in [2.45, 2.75) is 58.6 Å². The van der Waals surface area contributed by atoms with Crippen molar-refractivity contribution >= 4 is 5.69 Å². The van der Waals surface area contributed by atoms with Crippen molar-refractivity contribution in [3.05, 3.63) is 28.8 Å². The molecule has 0 bridgehead atoms. The largest absolute Gasteiger partial charge is 0.391 e. The summed E-state index contributed by atoms with van der Waals surface area (Å²) in [5.74, 6) is 0. The first kappa shape index (κ1) is 12.4. The Morgan fingerprint density at radius 3 is 2.24 bits per heavy atom. The molecule has 2 heteroatoms. The highest BCUT2D eigenvalue weighted by atomic mass is 16.3. The van der Waals surface area contributed by atoms with E-state index >= 15 is 0 Å². The van der Waals surface area contributed by atoms with E-state index in [9.17, 15) is 5.11 Å². The average molecular weight is 233 g/mol. The van der Waals surface area contributed by atoms with E-state index in [1.807, 2.05) is 0 Å². The third kappa shape index (κ3) is 2.81.